The summed E-state index contributed by atoms with van der Waals surface area (Å²) < 4.78 is 39.5. The second-order valence-corrected chi connectivity index (χ2v) is 5.13. The first-order valence-electron chi connectivity index (χ1n) is 7.53. The molecule has 0 bridgehead atoms. The van der Waals surface area contributed by atoms with E-state index < -0.39 is 12.2 Å². The first-order chi connectivity index (χ1) is 9.97. The van der Waals surface area contributed by atoms with Gasteiger partial charge in [-0.25, -0.2) is 0 Å². The number of rotatable bonds is 3. The normalized spacial score (nSPS) is 18.8. The van der Waals surface area contributed by atoms with Crippen molar-refractivity contribution in [2.24, 2.45) is 0 Å². The Morgan fingerprint density at radius 3 is 2.10 bits per heavy atom. The van der Waals surface area contributed by atoms with E-state index in [1.807, 2.05) is 20.9 Å². The van der Waals surface area contributed by atoms with Crippen molar-refractivity contribution in [3.05, 3.63) is 35.9 Å². The van der Waals surface area contributed by atoms with Crippen LogP contribution in [0.2, 0.25) is 0 Å². The van der Waals surface area contributed by atoms with Gasteiger partial charge in [-0.2, -0.15) is 13.2 Å². The average Bonchev–Trinajstić information content (AvgIpc) is 2.48. The number of nitrogens with zero attached hydrogens (tertiary/aromatic N) is 1. The third-order valence-electron chi connectivity index (χ3n) is 3.58. The van der Waals surface area contributed by atoms with E-state index in [-0.39, 0.29) is 11.6 Å². The largest absolute Gasteiger partial charge is 0.407 e. The van der Waals surface area contributed by atoms with Crippen LogP contribution in [0.1, 0.15) is 38.3 Å². The van der Waals surface area contributed by atoms with Gasteiger partial charge in [0.1, 0.15) is 6.04 Å². The van der Waals surface area contributed by atoms with Crippen molar-refractivity contribution in [1.82, 2.24) is 10.2 Å². The van der Waals surface area contributed by atoms with Crippen molar-refractivity contribution in [1.29, 1.82) is 0 Å². The standard InChI is InChI=1S/C14H19F3N2.C2H6/c1-19-9-7-12(8-10-19)18-13(14(15,16)17)11-5-3-2-4-6-11;1-2/h2-6,12-13,18H,7-10H2,1H3;1-2H3. The summed E-state index contributed by atoms with van der Waals surface area (Å²) in [5.74, 6) is 0. The van der Waals surface area contributed by atoms with E-state index in [0.717, 1.165) is 25.9 Å². The summed E-state index contributed by atoms with van der Waals surface area (Å²) in [5, 5.41) is 2.78. The number of benzene rings is 1. The van der Waals surface area contributed by atoms with E-state index in [0.29, 0.717) is 0 Å². The van der Waals surface area contributed by atoms with Gasteiger partial charge in [0.15, 0.2) is 0 Å². The zero-order valence-corrected chi connectivity index (χ0v) is 13.0. The van der Waals surface area contributed by atoms with Gasteiger partial charge in [-0.3, -0.25) is 5.32 Å². The van der Waals surface area contributed by atoms with Gasteiger partial charge in [0.2, 0.25) is 0 Å². The van der Waals surface area contributed by atoms with Crippen LogP contribution in [0.4, 0.5) is 13.2 Å². The molecule has 1 aliphatic rings. The minimum Gasteiger partial charge on any atom is -0.306 e. The Morgan fingerprint density at radius 1 is 1.10 bits per heavy atom. The zero-order valence-electron chi connectivity index (χ0n) is 13.0. The molecule has 0 aromatic heterocycles. The monoisotopic (exact) mass is 302 g/mol. The summed E-state index contributed by atoms with van der Waals surface area (Å²) in [7, 11) is 1.99. The number of piperidine rings is 1. The molecule has 0 amide bonds. The molecule has 0 radical (unpaired) electrons. The van der Waals surface area contributed by atoms with Gasteiger partial charge in [0.25, 0.3) is 0 Å². The summed E-state index contributed by atoms with van der Waals surface area (Å²) in [6.45, 7) is 5.69. The highest BCUT2D eigenvalue weighted by molar-refractivity contribution is 5.20. The quantitative estimate of drug-likeness (QED) is 0.908. The molecule has 0 saturated carbocycles. The lowest BCUT2D eigenvalue weighted by molar-refractivity contribution is -0.160. The Kier molecular flexibility index (Phi) is 7.18. The molecule has 1 fully saturated rings. The fraction of sp³-hybridized carbons (Fsp3) is 0.625. The van der Waals surface area contributed by atoms with Crippen LogP contribution in [-0.4, -0.2) is 37.3 Å². The number of halogens is 3. The van der Waals surface area contributed by atoms with E-state index in [2.05, 4.69) is 10.2 Å². The van der Waals surface area contributed by atoms with Crippen molar-refractivity contribution >= 4 is 0 Å². The molecular weight excluding hydrogens is 277 g/mol. The minimum absolute atomic E-state index is 0.0666. The lowest BCUT2D eigenvalue weighted by Gasteiger charge is -2.33. The molecule has 1 heterocycles. The van der Waals surface area contributed by atoms with Gasteiger partial charge in [0, 0.05) is 6.04 Å². The second kappa shape index (κ2) is 8.39. The van der Waals surface area contributed by atoms with Crippen LogP contribution in [0.3, 0.4) is 0 Å². The summed E-state index contributed by atoms with van der Waals surface area (Å²) in [4.78, 5) is 2.14. The molecule has 1 saturated heterocycles. The molecule has 0 aliphatic carbocycles. The van der Waals surface area contributed by atoms with E-state index in [1.54, 1.807) is 18.2 Å². The predicted octanol–water partition coefficient (Wildman–Crippen LogP) is 4.00. The molecule has 1 unspecified atom stereocenters. The molecule has 1 aromatic carbocycles. The lowest BCUT2D eigenvalue weighted by atomic mass is 10.0. The number of hydrogen-bond donors (Lipinski definition) is 1. The fourth-order valence-electron chi connectivity index (χ4n) is 2.44. The minimum atomic E-state index is -4.26. The Bertz CT molecular complexity index is 384. The van der Waals surface area contributed by atoms with Crippen LogP contribution >= 0.6 is 0 Å². The summed E-state index contributed by atoms with van der Waals surface area (Å²) in [6, 6.07) is 6.44. The molecule has 1 aliphatic heterocycles. The molecule has 0 spiro atoms. The van der Waals surface area contributed by atoms with Gasteiger partial charge >= 0.3 is 6.18 Å². The SMILES string of the molecule is CC.CN1CCC(NC(c2ccccc2)C(F)(F)F)CC1. The van der Waals surface area contributed by atoms with Crippen molar-refractivity contribution in [3.63, 3.8) is 0 Å². The zero-order chi connectivity index (χ0) is 15.9. The van der Waals surface area contributed by atoms with E-state index >= 15 is 0 Å². The number of nitrogens with one attached hydrogen (secondary N) is 1. The number of hydrogen-bond acceptors (Lipinski definition) is 2. The summed E-state index contributed by atoms with van der Waals surface area (Å²) in [5.41, 5.74) is 0.286. The molecular formula is C16H25F3N2. The highest BCUT2D eigenvalue weighted by atomic mass is 19.4. The Hall–Kier alpha value is -1.07. The average molecular weight is 302 g/mol. The van der Waals surface area contributed by atoms with Gasteiger partial charge < -0.3 is 4.90 Å². The highest BCUT2D eigenvalue weighted by Gasteiger charge is 2.41. The molecule has 2 nitrogen and oxygen atoms in total. The maximum absolute atomic E-state index is 13.2. The van der Waals surface area contributed by atoms with Crippen molar-refractivity contribution in [2.75, 3.05) is 20.1 Å². The van der Waals surface area contributed by atoms with E-state index in [4.69, 9.17) is 0 Å². The van der Waals surface area contributed by atoms with Gasteiger partial charge in [0.05, 0.1) is 0 Å². The van der Waals surface area contributed by atoms with Gasteiger partial charge in [-0.05, 0) is 38.5 Å². The lowest BCUT2D eigenvalue weighted by Crippen LogP contribution is -2.46. The molecule has 1 N–H and O–H groups in total. The summed E-state index contributed by atoms with van der Waals surface area (Å²) in [6.07, 6.45) is -2.74. The van der Waals surface area contributed by atoms with Crippen LogP contribution in [0, 0.1) is 0 Å². The molecule has 1 aromatic rings. The van der Waals surface area contributed by atoms with Crippen LogP contribution in [-0.2, 0) is 0 Å². The Morgan fingerprint density at radius 2 is 1.62 bits per heavy atom. The Labute approximate surface area is 125 Å². The molecule has 21 heavy (non-hydrogen) atoms. The second-order valence-electron chi connectivity index (χ2n) is 5.13. The van der Waals surface area contributed by atoms with Crippen molar-refractivity contribution in [3.8, 4) is 0 Å². The molecule has 1 atom stereocenters. The highest BCUT2D eigenvalue weighted by Crippen LogP contribution is 2.33. The summed E-state index contributed by atoms with van der Waals surface area (Å²) >= 11 is 0. The molecule has 120 valence electrons. The fourth-order valence-corrected chi connectivity index (χ4v) is 2.44. The third kappa shape index (κ3) is 5.67. The van der Waals surface area contributed by atoms with Crippen LogP contribution in [0.5, 0.6) is 0 Å². The maximum Gasteiger partial charge on any atom is 0.407 e. The number of likely N-dealkylation sites (tertiary alicyclic amines) is 1. The van der Waals surface area contributed by atoms with Gasteiger partial charge in [-0.15, -0.1) is 0 Å². The first kappa shape index (κ1) is 18.0. The van der Waals surface area contributed by atoms with Crippen molar-refractivity contribution in [2.45, 2.75) is 44.9 Å². The first-order valence-corrected chi connectivity index (χ1v) is 7.53. The molecule has 5 heteroatoms. The predicted molar refractivity (Wildman–Crippen MR) is 80.2 cm³/mol. The van der Waals surface area contributed by atoms with Crippen LogP contribution in [0.15, 0.2) is 30.3 Å². The smallest absolute Gasteiger partial charge is 0.306 e. The van der Waals surface area contributed by atoms with Crippen LogP contribution in [0.25, 0.3) is 0 Å². The topological polar surface area (TPSA) is 15.3 Å². The van der Waals surface area contributed by atoms with Crippen molar-refractivity contribution < 1.29 is 13.2 Å². The van der Waals surface area contributed by atoms with Crippen LogP contribution < -0.4 is 5.32 Å². The molecule has 2 rings (SSSR count). The van der Waals surface area contributed by atoms with Gasteiger partial charge in [-0.1, -0.05) is 44.2 Å². The number of alkyl halides is 3. The van der Waals surface area contributed by atoms with E-state index in [9.17, 15) is 13.2 Å². The Balaban J connectivity index is 0.00000106. The van der Waals surface area contributed by atoms with E-state index in [1.165, 1.54) is 12.1 Å². The maximum atomic E-state index is 13.2. The third-order valence-corrected chi connectivity index (χ3v) is 3.58.